The summed E-state index contributed by atoms with van der Waals surface area (Å²) >= 11 is 0. The molecular weight excluding hydrogens is 887 g/mol. The first-order valence-corrected chi connectivity index (χ1v) is 24.7. The Morgan fingerprint density at radius 3 is 2.33 bits per heavy atom. The summed E-state index contributed by atoms with van der Waals surface area (Å²) in [4.78, 5) is 44.1. The van der Waals surface area contributed by atoms with Crippen LogP contribution in [0.3, 0.4) is 0 Å². The molecule has 1 fully saturated rings. The van der Waals surface area contributed by atoms with Crippen LogP contribution < -0.4 is 9.64 Å². The van der Waals surface area contributed by atoms with Gasteiger partial charge in [-0.2, -0.15) is 21.4 Å². The Labute approximate surface area is 385 Å². The molecule has 3 aromatic carbocycles. The first kappa shape index (κ1) is 48.0. The average Bonchev–Trinajstić information content (AvgIpc) is 3.68. The summed E-state index contributed by atoms with van der Waals surface area (Å²) in [6, 6.07) is 18.2. The lowest BCUT2D eigenvalue weighted by Crippen LogP contribution is -2.46. The van der Waals surface area contributed by atoms with Crippen molar-refractivity contribution in [2.24, 2.45) is 0 Å². The van der Waals surface area contributed by atoms with Gasteiger partial charge in [-0.15, -0.1) is 5.06 Å². The van der Waals surface area contributed by atoms with E-state index in [-0.39, 0.29) is 55.5 Å². The molecule has 1 atom stereocenters. The lowest BCUT2D eigenvalue weighted by molar-refractivity contribution is -0.437. The minimum absolute atomic E-state index is 0.00939. The van der Waals surface area contributed by atoms with Gasteiger partial charge in [0.15, 0.2) is 5.71 Å². The molecule has 1 saturated heterocycles. The maximum atomic E-state index is 12.9. The van der Waals surface area contributed by atoms with E-state index in [2.05, 4.69) is 43.9 Å². The molecule has 2 amide bonds. The number of fused-ring (bicyclic) bond motifs is 3. The number of rotatable bonds is 17. The molecule has 4 aliphatic heterocycles. The monoisotopic (exact) mass is 940 g/mol. The van der Waals surface area contributed by atoms with Crippen LogP contribution in [0.15, 0.2) is 108 Å². The minimum atomic E-state index is -4.65. The second-order valence-electron chi connectivity index (χ2n) is 17.4. The Morgan fingerprint density at radius 2 is 1.65 bits per heavy atom. The Hall–Kier alpha value is -5.98. The van der Waals surface area contributed by atoms with Crippen LogP contribution in [0.4, 0.5) is 11.4 Å². The number of hydrogen-bond donors (Lipinski definition) is 2. The topological polar surface area (TPSA) is 197 Å². The molecule has 0 spiro atoms. The number of ether oxygens (including phenoxy) is 2. The van der Waals surface area contributed by atoms with Crippen molar-refractivity contribution < 1.29 is 59.2 Å². The smallest absolute Gasteiger partial charge is 0.333 e. The van der Waals surface area contributed by atoms with E-state index >= 15 is 0 Å². The van der Waals surface area contributed by atoms with Crippen LogP contribution in [0.2, 0.25) is 0 Å². The standard InChI is InChI=1S/C49H53N3O12S2/c1-33-32-48(2,3)51(25-26-62-5)41-31-43-38(30-37(33)41)35(28-42(63-43)34-14-8-6-9-15-34)16-10-7-11-17-44-49(4,23-12-18-47(55)64-52-45(53)21-22-46(52)54)39-29-36(66(59,60)61)19-20-40(39)50(44)24-13-27-65(56,57)58/h6-11,14-17,19-20,28-32H,12-13,18,21-27H2,1-5H3,(H-,56,57,58,59,60,61)/p+1. The maximum absolute atomic E-state index is 12.9. The summed E-state index contributed by atoms with van der Waals surface area (Å²) in [5.41, 5.74) is 6.29. The summed E-state index contributed by atoms with van der Waals surface area (Å²) in [5, 5.41) is 0.480. The summed E-state index contributed by atoms with van der Waals surface area (Å²) in [7, 11) is -7.27. The summed E-state index contributed by atoms with van der Waals surface area (Å²) in [6.45, 7) is 9.63. The largest absolute Gasteiger partial charge is 0.456 e. The van der Waals surface area contributed by atoms with Crippen LogP contribution >= 0.6 is 0 Å². The third kappa shape index (κ3) is 10.3. The Balaban J connectivity index is 1.25. The van der Waals surface area contributed by atoms with Crippen LogP contribution in [0.1, 0.15) is 88.5 Å². The Kier molecular flexibility index (Phi) is 13.9. The molecule has 1 unspecified atom stereocenters. The molecular formula is C49H54N3O12S2+. The normalized spacial score (nSPS) is 19.9. The maximum Gasteiger partial charge on any atom is 0.333 e. The predicted molar refractivity (Wildman–Crippen MR) is 250 cm³/mol. The molecule has 7 rings (SSSR count). The number of carbonyl (C=O) groups is 3. The number of allylic oxidation sites excluding steroid dienone is 8. The fourth-order valence-electron chi connectivity index (χ4n) is 9.12. The van der Waals surface area contributed by atoms with Gasteiger partial charge >= 0.3 is 5.97 Å². The van der Waals surface area contributed by atoms with Crippen molar-refractivity contribution in [1.29, 1.82) is 0 Å². The van der Waals surface area contributed by atoms with Gasteiger partial charge in [0.2, 0.25) is 5.69 Å². The predicted octanol–water partition coefficient (Wildman–Crippen LogP) is 7.62. The van der Waals surface area contributed by atoms with E-state index in [4.69, 9.17) is 14.3 Å². The van der Waals surface area contributed by atoms with Gasteiger partial charge in [0.05, 0.1) is 28.2 Å². The van der Waals surface area contributed by atoms with Gasteiger partial charge in [0.25, 0.3) is 32.1 Å². The molecule has 66 heavy (non-hydrogen) atoms. The number of imide groups is 1. The summed E-state index contributed by atoms with van der Waals surface area (Å²) < 4.78 is 82.0. The quantitative estimate of drug-likeness (QED) is 0.0581. The van der Waals surface area contributed by atoms with Gasteiger partial charge in [-0.05, 0) is 76.0 Å². The van der Waals surface area contributed by atoms with Gasteiger partial charge in [-0.3, -0.25) is 18.7 Å². The van der Waals surface area contributed by atoms with E-state index in [1.54, 1.807) is 13.2 Å². The highest BCUT2D eigenvalue weighted by Gasteiger charge is 2.48. The summed E-state index contributed by atoms with van der Waals surface area (Å²) in [5.74, 6) is -1.19. The number of methoxy groups -OCH3 is 1. The third-order valence-electron chi connectivity index (χ3n) is 12.3. The van der Waals surface area contributed by atoms with Gasteiger partial charge in [-0.25, -0.2) is 4.79 Å². The number of nitrogens with zero attached hydrogens (tertiary/aromatic N) is 3. The van der Waals surface area contributed by atoms with Gasteiger partial charge in [-0.1, -0.05) is 60.7 Å². The molecule has 4 aliphatic rings. The summed E-state index contributed by atoms with van der Waals surface area (Å²) in [6.07, 6.45) is 13.6. The molecule has 15 nitrogen and oxygen atoms in total. The molecule has 4 heterocycles. The fraction of sp³-hybridized carbons (Fsp3) is 0.347. The van der Waals surface area contributed by atoms with Gasteiger partial charge in [0, 0.05) is 85.5 Å². The number of benzene rings is 3. The lowest BCUT2D eigenvalue weighted by atomic mass is 9.75. The van der Waals surface area contributed by atoms with Gasteiger partial charge < -0.3 is 19.2 Å². The second kappa shape index (κ2) is 19.1. The molecule has 0 aliphatic carbocycles. The number of hydrogen-bond acceptors (Lipinski definition) is 11. The van der Waals surface area contributed by atoms with Crippen LogP contribution in [0, 0.1) is 0 Å². The van der Waals surface area contributed by atoms with Gasteiger partial charge in [0.1, 0.15) is 18.1 Å². The van der Waals surface area contributed by atoms with Crippen LogP contribution in [0.25, 0.3) is 16.9 Å². The first-order valence-electron chi connectivity index (χ1n) is 21.6. The molecule has 0 radical (unpaired) electrons. The van der Waals surface area contributed by atoms with E-state index in [0.717, 1.165) is 33.5 Å². The van der Waals surface area contributed by atoms with Crippen LogP contribution in [-0.4, -0.2) is 97.2 Å². The zero-order chi connectivity index (χ0) is 47.6. The van der Waals surface area contributed by atoms with E-state index in [1.165, 1.54) is 18.2 Å². The van der Waals surface area contributed by atoms with Crippen molar-refractivity contribution in [3.8, 4) is 5.75 Å². The minimum Gasteiger partial charge on any atom is -0.456 e. The highest BCUT2D eigenvalue weighted by molar-refractivity contribution is 7.86. The lowest BCUT2D eigenvalue weighted by Gasteiger charge is -2.43. The number of amides is 2. The van der Waals surface area contributed by atoms with Crippen molar-refractivity contribution in [3.05, 3.63) is 125 Å². The molecule has 2 N–H and O–H groups in total. The van der Waals surface area contributed by atoms with Crippen LogP contribution in [-0.2, 0) is 49.6 Å². The third-order valence-corrected chi connectivity index (χ3v) is 13.9. The number of carbonyl (C=O) groups excluding carboxylic acids is 3. The molecule has 0 saturated carbocycles. The Bertz CT molecular complexity index is 2860. The first-order chi connectivity index (χ1) is 31.2. The van der Waals surface area contributed by atoms with E-state index in [9.17, 15) is 40.3 Å². The SMILES string of the molecule is COCCN1c2cc3c(cc2C(C)=CC1(C)C)/C(=C/C=C/C=C/C1=[N+](CCCS(=O)(=O)O)c2ccc(S(=O)(=O)O)cc2C1(C)CCCC(=O)ON1C(=O)CCC1=O)C=C(c1ccccc1)O3. The average molecular weight is 941 g/mol. The van der Waals surface area contributed by atoms with Crippen LogP contribution in [0.5, 0.6) is 5.75 Å². The zero-order valence-corrected chi connectivity index (χ0v) is 39.2. The van der Waals surface area contributed by atoms with Crippen molar-refractivity contribution in [2.45, 2.75) is 82.1 Å². The second-order valence-corrected chi connectivity index (χ2v) is 20.4. The highest BCUT2D eigenvalue weighted by atomic mass is 32.2. The number of anilines is 1. The van der Waals surface area contributed by atoms with Crippen molar-refractivity contribution in [3.63, 3.8) is 0 Å². The van der Waals surface area contributed by atoms with Crippen molar-refractivity contribution in [2.75, 3.05) is 37.5 Å². The zero-order valence-electron chi connectivity index (χ0n) is 37.5. The van der Waals surface area contributed by atoms with E-state index in [0.29, 0.717) is 46.7 Å². The highest BCUT2D eigenvalue weighted by Crippen LogP contribution is 2.47. The fourth-order valence-corrected chi connectivity index (χ4v) is 10.1. The van der Waals surface area contributed by atoms with Crippen molar-refractivity contribution in [1.82, 2.24) is 5.06 Å². The van der Waals surface area contributed by atoms with E-state index < -0.39 is 49.2 Å². The molecule has 348 valence electrons. The molecule has 0 aromatic heterocycles. The Morgan fingerprint density at radius 1 is 0.924 bits per heavy atom. The van der Waals surface area contributed by atoms with E-state index in [1.807, 2.05) is 72.2 Å². The molecule has 0 bridgehead atoms. The number of hydroxylamine groups is 2. The van der Waals surface area contributed by atoms with Crippen molar-refractivity contribution >= 4 is 72.0 Å². The molecule has 17 heteroatoms. The molecule has 3 aromatic rings.